The molecule has 11 heteroatoms. The first kappa shape index (κ1) is 22.1. The highest BCUT2D eigenvalue weighted by Crippen LogP contribution is 2.18. The molecule has 33 heavy (non-hydrogen) atoms. The van der Waals surface area contributed by atoms with Crippen molar-refractivity contribution in [1.82, 2.24) is 9.13 Å². The van der Waals surface area contributed by atoms with Crippen molar-refractivity contribution in [3.8, 4) is 5.69 Å². The summed E-state index contributed by atoms with van der Waals surface area (Å²) in [5.74, 6) is -2.70. The lowest BCUT2D eigenvalue weighted by atomic mass is 10.2. The van der Waals surface area contributed by atoms with Crippen LogP contribution in [0.4, 0.5) is 20.2 Å². The second kappa shape index (κ2) is 8.79. The fourth-order valence-electron chi connectivity index (χ4n) is 3.32. The molecule has 0 aliphatic heterocycles. The van der Waals surface area contributed by atoms with Crippen LogP contribution in [0.15, 0.2) is 63.5 Å². The lowest BCUT2D eigenvalue weighted by Gasteiger charge is -2.13. The summed E-state index contributed by atoms with van der Waals surface area (Å²) in [7, 11) is 0. The SMILES string of the molecule is CC(=O)Nc1ccc(NC(=O)Cn2c(=O)n(-c3cc(F)cc(F)c3)c(=O)c3sccc32)cc1. The summed E-state index contributed by atoms with van der Waals surface area (Å²) in [4.78, 5) is 49.7. The number of nitrogens with one attached hydrogen (secondary N) is 2. The Morgan fingerprint density at radius 2 is 1.55 bits per heavy atom. The summed E-state index contributed by atoms with van der Waals surface area (Å²) in [6.45, 7) is 0.924. The number of fused-ring (bicyclic) bond motifs is 1. The molecule has 0 saturated heterocycles. The first-order valence-corrected chi connectivity index (χ1v) is 10.5. The number of nitrogens with zero attached hydrogens (tertiary/aromatic N) is 2. The minimum atomic E-state index is -0.949. The zero-order chi connectivity index (χ0) is 23.7. The van der Waals surface area contributed by atoms with Gasteiger partial charge in [0, 0.05) is 24.4 Å². The number of amides is 2. The zero-order valence-corrected chi connectivity index (χ0v) is 17.9. The van der Waals surface area contributed by atoms with E-state index < -0.39 is 35.3 Å². The number of rotatable bonds is 5. The molecule has 0 saturated carbocycles. The van der Waals surface area contributed by atoms with Crippen molar-refractivity contribution >= 4 is 44.7 Å². The van der Waals surface area contributed by atoms with Crippen molar-refractivity contribution in [3.05, 3.63) is 86.4 Å². The van der Waals surface area contributed by atoms with E-state index in [9.17, 15) is 28.0 Å². The molecule has 2 aromatic carbocycles. The molecule has 0 unspecified atom stereocenters. The first-order valence-electron chi connectivity index (χ1n) is 9.60. The highest BCUT2D eigenvalue weighted by atomic mass is 32.1. The van der Waals surface area contributed by atoms with Gasteiger partial charge in [0.2, 0.25) is 11.8 Å². The summed E-state index contributed by atoms with van der Waals surface area (Å²) in [6, 6.07) is 10.2. The second-order valence-electron chi connectivity index (χ2n) is 7.08. The molecule has 0 aliphatic rings. The molecule has 0 radical (unpaired) electrons. The summed E-state index contributed by atoms with van der Waals surface area (Å²) >= 11 is 1.04. The molecule has 168 valence electrons. The lowest BCUT2D eigenvalue weighted by Crippen LogP contribution is -2.40. The number of hydrogen-bond donors (Lipinski definition) is 2. The van der Waals surface area contributed by atoms with Crippen molar-refractivity contribution < 1.29 is 18.4 Å². The molecule has 0 bridgehead atoms. The molecule has 0 spiro atoms. The molecule has 0 aliphatic carbocycles. The number of halogens is 2. The van der Waals surface area contributed by atoms with Crippen LogP contribution in [0.2, 0.25) is 0 Å². The van der Waals surface area contributed by atoms with Crippen LogP contribution in [-0.4, -0.2) is 20.9 Å². The van der Waals surface area contributed by atoms with Crippen LogP contribution in [0.1, 0.15) is 6.92 Å². The Bertz CT molecular complexity index is 1490. The van der Waals surface area contributed by atoms with Crippen LogP contribution < -0.4 is 21.9 Å². The van der Waals surface area contributed by atoms with E-state index >= 15 is 0 Å². The Kier molecular flexibility index (Phi) is 5.88. The third-order valence-electron chi connectivity index (χ3n) is 4.65. The molecule has 0 atom stereocenters. The van der Waals surface area contributed by atoms with Crippen molar-refractivity contribution in [3.63, 3.8) is 0 Å². The van der Waals surface area contributed by atoms with E-state index in [2.05, 4.69) is 10.6 Å². The van der Waals surface area contributed by atoms with Gasteiger partial charge in [-0.15, -0.1) is 11.3 Å². The van der Waals surface area contributed by atoms with Crippen LogP contribution in [0.25, 0.3) is 15.9 Å². The molecule has 8 nitrogen and oxygen atoms in total. The van der Waals surface area contributed by atoms with Crippen molar-refractivity contribution in [1.29, 1.82) is 0 Å². The fraction of sp³-hybridized carbons (Fsp3) is 0.0909. The van der Waals surface area contributed by atoms with E-state index in [1.807, 2.05) is 0 Å². The first-order chi connectivity index (χ1) is 15.7. The third-order valence-corrected chi connectivity index (χ3v) is 5.54. The number of hydrogen-bond acceptors (Lipinski definition) is 5. The average molecular weight is 470 g/mol. The van der Waals surface area contributed by atoms with Crippen molar-refractivity contribution in [2.45, 2.75) is 13.5 Å². The Morgan fingerprint density at radius 1 is 0.939 bits per heavy atom. The average Bonchev–Trinajstić information content (AvgIpc) is 3.22. The maximum absolute atomic E-state index is 13.7. The Balaban J connectivity index is 1.70. The van der Waals surface area contributed by atoms with Crippen LogP contribution in [0, 0.1) is 11.6 Å². The standard InChI is InChI=1S/C22H16F2N4O4S/c1-12(29)25-15-2-4-16(5-3-15)26-19(30)11-27-18-6-7-33-20(18)21(31)28(22(27)32)17-9-13(23)8-14(24)10-17/h2-10H,11H2,1H3,(H,25,29)(H,26,30). The predicted octanol–water partition coefficient (Wildman–Crippen LogP) is 3.09. The molecule has 2 heterocycles. The largest absolute Gasteiger partial charge is 0.336 e. The van der Waals surface area contributed by atoms with E-state index in [0.717, 1.165) is 28.0 Å². The molecular formula is C22H16F2N4O4S. The third kappa shape index (κ3) is 4.58. The lowest BCUT2D eigenvalue weighted by molar-refractivity contribution is -0.117. The number of anilines is 2. The van der Waals surface area contributed by atoms with Gasteiger partial charge in [0.15, 0.2) is 0 Å². The van der Waals surface area contributed by atoms with Gasteiger partial charge in [-0.2, -0.15) is 0 Å². The smallest absolute Gasteiger partial charge is 0.326 e. The Labute approximate surface area is 188 Å². The Hall–Kier alpha value is -4.12. The Morgan fingerprint density at radius 3 is 2.15 bits per heavy atom. The number of thiophene rings is 1. The number of carbonyl (C=O) groups excluding carboxylic acids is 2. The number of aromatic nitrogens is 2. The van der Waals surface area contributed by atoms with Gasteiger partial charge >= 0.3 is 5.69 Å². The maximum Gasteiger partial charge on any atom is 0.336 e. The molecule has 0 fully saturated rings. The molecule has 4 rings (SSSR count). The summed E-state index contributed by atoms with van der Waals surface area (Å²) in [5, 5.41) is 6.82. The van der Waals surface area contributed by atoms with Crippen LogP contribution in [0.3, 0.4) is 0 Å². The van der Waals surface area contributed by atoms with Crippen molar-refractivity contribution in [2.24, 2.45) is 0 Å². The van der Waals surface area contributed by atoms with E-state index in [-0.39, 0.29) is 21.8 Å². The minimum Gasteiger partial charge on any atom is -0.326 e. The van der Waals surface area contributed by atoms with E-state index in [1.54, 1.807) is 29.6 Å². The minimum absolute atomic E-state index is 0.159. The number of carbonyl (C=O) groups is 2. The van der Waals surface area contributed by atoms with Crippen LogP contribution in [0.5, 0.6) is 0 Å². The monoisotopic (exact) mass is 470 g/mol. The molecule has 2 amide bonds. The van der Waals surface area contributed by atoms with Gasteiger partial charge in [-0.3, -0.25) is 19.0 Å². The van der Waals surface area contributed by atoms with E-state index in [0.29, 0.717) is 22.0 Å². The highest BCUT2D eigenvalue weighted by Gasteiger charge is 2.18. The van der Waals surface area contributed by atoms with Crippen LogP contribution >= 0.6 is 11.3 Å². The number of benzene rings is 2. The van der Waals surface area contributed by atoms with Gasteiger partial charge in [-0.1, -0.05) is 0 Å². The second-order valence-corrected chi connectivity index (χ2v) is 7.99. The normalized spacial score (nSPS) is 10.9. The van der Waals surface area contributed by atoms with Crippen molar-refractivity contribution in [2.75, 3.05) is 10.6 Å². The van der Waals surface area contributed by atoms with Crippen LogP contribution in [-0.2, 0) is 16.1 Å². The summed E-state index contributed by atoms with van der Waals surface area (Å²) in [5.41, 5.74) is -0.720. The maximum atomic E-state index is 13.7. The topological polar surface area (TPSA) is 102 Å². The molecule has 2 aromatic heterocycles. The fourth-order valence-corrected chi connectivity index (χ4v) is 4.14. The summed E-state index contributed by atoms with van der Waals surface area (Å²) < 4.78 is 29.3. The van der Waals surface area contributed by atoms with Gasteiger partial charge in [0.25, 0.3) is 5.56 Å². The van der Waals surface area contributed by atoms with Gasteiger partial charge in [-0.05, 0) is 47.8 Å². The highest BCUT2D eigenvalue weighted by molar-refractivity contribution is 7.17. The zero-order valence-electron chi connectivity index (χ0n) is 17.1. The molecule has 4 aromatic rings. The van der Waals surface area contributed by atoms with E-state index in [4.69, 9.17) is 0 Å². The summed E-state index contributed by atoms with van der Waals surface area (Å²) in [6.07, 6.45) is 0. The van der Waals surface area contributed by atoms with Gasteiger partial charge in [0.05, 0.1) is 11.2 Å². The van der Waals surface area contributed by atoms with Gasteiger partial charge < -0.3 is 10.6 Å². The molecular weight excluding hydrogens is 454 g/mol. The van der Waals surface area contributed by atoms with Gasteiger partial charge in [-0.25, -0.2) is 18.1 Å². The quantitative estimate of drug-likeness (QED) is 0.468. The molecule has 2 N–H and O–H groups in total. The predicted molar refractivity (Wildman–Crippen MR) is 121 cm³/mol. The van der Waals surface area contributed by atoms with E-state index in [1.165, 1.54) is 13.0 Å². The van der Waals surface area contributed by atoms with Gasteiger partial charge in [0.1, 0.15) is 22.9 Å².